The van der Waals surface area contributed by atoms with E-state index in [-0.39, 0.29) is 16.0 Å². The summed E-state index contributed by atoms with van der Waals surface area (Å²) in [6.07, 6.45) is 0. The van der Waals surface area contributed by atoms with Crippen molar-refractivity contribution in [1.29, 1.82) is 0 Å². The fraction of sp³-hybridized carbons (Fsp3) is 0.0909. The van der Waals surface area contributed by atoms with Crippen LogP contribution in [-0.2, 0) is 10.0 Å². The van der Waals surface area contributed by atoms with E-state index in [1.165, 1.54) is 62.8 Å². The molecule has 0 aliphatic rings. The van der Waals surface area contributed by atoms with Crippen molar-refractivity contribution < 1.29 is 27.5 Å². The highest BCUT2D eigenvalue weighted by atomic mass is 35.5. The summed E-state index contributed by atoms with van der Waals surface area (Å²) in [4.78, 5) is 24.6. The van der Waals surface area contributed by atoms with Crippen molar-refractivity contribution in [2.24, 2.45) is 0 Å². The molecule has 3 aromatic rings. The first-order valence-electron chi connectivity index (χ1n) is 9.44. The summed E-state index contributed by atoms with van der Waals surface area (Å²) in [5.74, 6) is -0.381. The second-order valence-corrected chi connectivity index (χ2v) is 8.73. The van der Waals surface area contributed by atoms with Gasteiger partial charge in [-0.25, -0.2) is 8.42 Å². The molecule has 0 radical (unpaired) electrons. The zero-order valence-electron chi connectivity index (χ0n) is 17.6. The Labute approximate surface area is 195 Å². The number of hydrogen-bond donors (Lipinski definition) is 3. The molecule has 3 N–H and O–H groups in total. The Hall–Kier alpha value is -3.76. The largest absolute Gasteiger partial charge is 0.493 e. The van der Waals surface area contributed by atoms with Gasteiger partial charge in [0.1, 0.15) is 0 Å². The van der Waals surface area contributed by atoms with Gasteiger partial charge in [-0.2, -0.15) is 0 Å². The Morgan fingerprint density at radius 3 is 1.88 bits per heavy atom. The fourth-order valence-corrected chi connectivity index (χ4v) is 3.94. The number of amides is 2. The molecule has 0 saturated heterocycles. The highest BCUT2D eigenvalue weighted by Gasteiger charge is 2.16. The summed E-state index contributed by atoms with van der Waals surface area (Å²) < 4.78 is 37.7. The first-order chi connectivity index (χ1) is 15.7. The van der Waals surface area contributed by atoms with Crippen molar-refractivity contribution in [2.75, 3.05) is 18.9 Å². The van der Waals surface area contributed by atoms with Crippen LogP contribution >= 0.6 is 11.6 Å². The normalized spacial score (nSPS) is 10.8. The Kier molecular flexibility index (Phi) is 7.41. The summed E-state index contributed by atoms with van der Waals surface area (Å²) in [5.41, 5.74) is 5.30. The summed E-state index contributed by atoms with van der Waals surface area (Å²) in [6, 6.07) is 15.9. The van der Waals surface area contributed by atoms with E-state index in [2.05, 4.69) is 15.6 Å². The van der Waals surface area contributed by atoms with Gasteiger partial charge in [0.25, 0.3) is 21.8 Å². The summed E-state index contributed by atoms with van der Waals surface area (Å²) in [5, 5.41) is 0.478. The van der Waals surface area contributed by atoms with Crippen LogP contribution in [0, 0.1) is 0 Å². The summed E-state index contributed by atoms with van der Waals surface area (Å²) in [7, 11) is -0.945. The number of carbonyl (C=O) groups excluding carboxylic acids is 2. The van der Waals surface area contributed by atoms with E-state index in [1.807, 2.05) is 0 Å². The van der Waals surface area contributed by atoms with Crippen LogP contribution in [0.1, 0.15) is 20.7 Å². The first-order valence-corrected chi connectivity index (χ1v) is 11.3. The molecule has 0 saturated carbocycles. The SMILES string of the molecule is COc1ccc(C(=O)NNC(=O)c2ccc(S(=O)(=O)Nc3ccc(Cl)cc3)cc2)cc1OC. The monoisotopic (exact) mass is 489 g/mol. The van der Waals surface area contributed by atoms with Crippen LogP contribution in [0.15, 0.2) is 71.6 Å². The zero-order valence-corrected chi connectivity index (χ0v) is 19.2. The Balaban J connectivity index is 1.63. The molecule has 0 spiro atoms. The third kappa shape index (κ3) is 5.93. The van der Waals surface area contributed by atoms with Crippen molar-refractivity contribution >= 4 is 39.1 Å². The van der Waals surface area contributed by atoms with Crippen molar-refractivity contribution in [3.8, 4) is 11.5 Å². The molecular formula is C22H20ClN3O6S. The van der Waals surface area contributed by atoms with Gasteiger partial charge in [0, 0.05) is 21.8 Å². The van der Waals surface area contributed by atoms with Gasteiger partial charge < -0.3 is 9.47 Å². The lowest BCUT2D eigenvalue weighted by Crippen LogP contribution is -2.41. The van der Waals surface area contributed by atoms with Crippen LogP contribution in [-0.4, -0.2) is 34.5 Å². The molecule has 0 bridgehead atoms. The van der Waals surface area contributed by atoms with E-state index in [4.69, 9.17) is 21.1 Å². The highest BCUT2D eigenvalue weighted by Crippen LogP contribution is 2.27. The van der Waals surface area contributed by atoms with Crippen LogP contribution < -0.4 is 25.0 Å². The maximum absolute atomic E-state index is 12.5. The first kappa shape index (κ1) is 23.9. The number of hydrogen-bond acceptors (Lipinski definition) is 6. The molecule has 3 rings (SSSR count). The molecule has 0 aromatic heterocycles. The fourth-order valence-electron chi connectivity index (χ4n) is 2.75. The second-order valence-electron chi connectivity index (χ2n) is 6.61. The molecule has 0 atom stereocenters. The molecule has 3 aromatic carbocycles. The third-order valence-corrected chi connectivity index (χ3v) is 6.11. The van der Waals surface area contributed by atoms with Crippen molar-refractivity contribution in [3.63, 3.8) is 0 Å². The minimum atomic E-state index is -3.86. The highest BCUT2D eigenvalue weighted by molar-refractivity contribution is 7.92. The quantitative estimate of drug-likeness (QED) is 0.438. The minimum Gasteiger partial charge on any atom is -0.493 e. The Morgan fingerprint density at radius 2 is 1.30 bits per heavy atom. The molecule has 11 heteroatoms. The Bertz CT molecular complexity index is 1260. The van der Waals surface area contributed by atoms with E-state index in [0.717, 1.165) is 0 Å². The molecule has 0 fully saturated rings. The van der Waals surface area contributed by atoms with Crippen molar-refractivity contribution in [2.45, 2.75) is 4.90 Å². The second kappa shape index (κ2) is 10.2. The minimum absolute atomic E-state index is 0.0386. The van der Waals surface area contributed by atoms with E-state index in [1.54, 1.807) is 18.2 Å². The van der Waals surface area contributed by atoms with Crippen LogP contribution in [0.2, 0.25) is 5.02 Å². The molecule has 2 amide bonds. The van der Waals surface area contributed by atoms with Crippen LogP contribution in [0.3, 0.4) is 0 Å². The molecule has 33 heavy (non-hydrogen) atoms. The van der Waals surface area contributed by atoms with Crippen molar-refractivity contribution in [3.05, 3.63) is 82.9 Å². The van der Waals surface area contributed by atoms with E-state index in [9.17, 15) is 18.0 Å². The summed E-state index contributed by atoms with van der Waals surface area (Å²) >= 11 is 5.80. The van der Waals surface area contributed by atoms with Gasteiger partial charge in [0.15, 0.2) is 11.5 Å². The Morgan fingerprint density at radius 1 is 0.758 bits per heavy atom. The molecule has 172 valence electrons. The molecule has 0 heterocycles. The van der Waals surface area contributed by atoms with Gasteiger partial charge in [-0.1, -0.05) is 11.6 Å². The number of benzene rings is 3. The van der Waals surface area contributed by atoms with Crippen molar-refractivity contribution in [1.82, 2.24) is 10.9 Å². The predicted molar refractivity (Wildman–Crippen MR) is 123 cm³/mol. The number of rotatable bonds is 7. The number of hydrazine groups is 1. The number of sulfonamides is 1. The van der Waals surface area contributed by atoms with Gasteiger partial charge in [0.2, 0.25) is 0 Å². The van der Waals surface area contributed by atoms with Crippen LogP contribution in [0.25, 0.3) is 0 Å². The smallest absolute Gasteiger partial charge is 0.269 e. The number of nitrogens with one attached hydrogen (secondary N) is 3. The molecule has 0 aliphatic carbocycles. The molecular weight excluding hydrogens is 470 g/mol. The lowest BCUT2D eigenvalue weighted by atomic mass is 10.2. The van der Waals surface area contributed by atoms with E-state index < -0.39 is 21.8 Å². The summed E-state index contributed by atoms with van der Waals surface area (Å²) in [6.45, 7) is 0. The average Bonchev–Trinajstić information content (AvgIpc) is 2.83. The van der Waals surface area contributed by atoms with Gasteiger partial charge in [0.05, 0.1) is 19.1 Å². The zero-order chi connectivity index (χ0) is 24.0. The number of ether oxygens (including phenoxy) is 2. The standard InChI is InChI=1S/C22H20ClN3O6S/c1-31-19-12-5-15(13-20(19)32-2)22(28)25-24-21(27)14-3-10-18(11-4-14)33(29,30)26-17-8-6-16(23)7-9-17/h3-13,26H,1-2H3,(H,24,27)(H,25,28). The molecule has 0 unspecified atom stereocenters. The lowest BCUT2D eigenvalue weighted by molar-refractivity contribution is 0.0846. The number of halogens is 1. The van der Waals surface area contributed by atoms with E-state index in [0.29, 0.717) is 22.2 Å². The van der Waals surface area contributed by atoms with Crippen LogP contribution in [0.4, 0.5) is 5.69 Å². The number of carbonyl (C=O) groups is 2. The van der Waals surface area contributed by atoms with Gasteiger partial charge in [-0.05, 0) is 66.7 Å². The maximum atomic E-state index is 12.5. The molecule has 0 aliphatic heterocycles. The number of methoxy groups -OCH3 is 2. The third-order valence-electron chi connectivity index (χ3n) is 4.46. The predicted octanol–water partition coefficient (Wildman–Crippen LogP) is 3.23. The van der Waals surface area contributed by atoms with Gasteiger partial charge >= 0.3 is 0 Å². The topological polar surface area (TPSA) is 123 Å². The average molecular weight is 490 g/mol. The van der Waals surface area contributed by atoms with E-state index >= 15 is 0 Å². The number of anilines is 1. The van der Waals surface area contributed by atoms with Crippen LogP contribution in [0.5, 0.6) is 11.5 Å². The van der Waals surface area contributed by atoms with Gasteiger partial charge in [-0.3, -0.25) is 25.2 Å². The van der Waals surface area contributed by atoms with Gasteiger partial charge in [-0.15, -0.1) is 0 Å². The molecule has 9 nitrogen and oxygen atoms in total. The maximum Gasteiger partial charge on any atom is 0.269 e. The lowest BCUT2D eigenvalue weighted by Gasteiger charge is -2.11.